The molecule has 3 heterocycles. The summed E-state index contributed by atoms with van der Waals surface area (Å²) in [6, 6.07) is 0. The normalized spacial score (nSPS) is 20.5. The number of ether oxygens (including phenoxy) is 1. The molecule has 2 fully saturated rings. The van der Waals surface area contributed by atoms with Gasteiger partial charge in [0.05, 0.1) is 19.8 Å². The zero-order chi connectivity index (χ0) is 18.6. The van der Waals surface area contributed by atoms with Crippen LogP contribution in [0.4, 0.5) is 0 Å². The van der Waals surface area contributed by atoms with E-state index in [2.05, 4.69) is 10.4 Å². The second-order valence-corrected chi connectivity index (χ2v) is 7.92. The van der Waals surface area contributed by atoms with Gasteiger partial charge in [0.1, 0.15) is 0 Å². The maximum Gasteiger partial charge on any atom is 0.274 e. The van der Waals surface area contributed by atoms with Gasteiger partial charge in [-0.15, -0.1) is 0 Å². The zero-order valence-electron chi connectivity index (χ0n) is 16.0. The van der Waals surface area contributed by atoms with Gasteiger partial charge in [-0.05, 0) is 25.7 Å². The fraction of sp³-hybridized carbons (Fsp3) is 0.750. The van der Waals surface area contributed by atoms with E-state index in [-0.39, 0.29) is 17.7 Å². The van der Waals surface area contributed by atoms with Crippen molar-refractivity contribution in [2.24, 2.45) is 5.92 Å². The summed E-state index contributed by atoms with van der Waals surface area (Å²) in [5, 5.41) is 7.71. The van der Waals surface area contributed by atoms with Gasteiger partial charge in [0, 0.05) is 43.2 Å². The first-order valence-electron chi connectivity index (χ1n) is 10.5. The van der Waals surface area contributed by atoms with Crippen LogP contribution in [0.2, 0.25) is 0 Å². The highest BCUT2D eigenvalue weighted by Gasteiger charge is 2.29. The molecular formula is C20H30N4O3. The molecule has 7 heteroatoms. The molecule has 1 aliphatic carbocycles. The molecule has 2 aliphatic heterocycles. The van der Waals surface area contributed by atoms with Crippen molar-refractivity contribution in [1.29, 1.82) is 0 Å². The third-order valence-electron chi connectivity index (χ3n) is 6.09. The van der Waals surface area contributed by atoms with E-state index >= 15 is 0 Å². The molecule has 1 aromatic rings. The van der Waals surface area contributed by atoms with E-state index in [0.717, 1.165) is 69.3 Å². The van der Waals surface area contributed by atoms with Gasteiger partial charge in [-0.2, -0.15) is 5.10 Å². The number of nitrogens with zero attached hydrogens (tertiary/aromatic N) is 3. The molecular weight excluding hydrogens is 344 g/mol. The topological polar surface area (TPSA) is 76.5 Å². The number of carbonyl (C=O) groups excluding carboxylic acids is 2. The van der Waals surface area contributed by atoms with E-state index < -0.39 is 0 Å². The molecule has 0 bridgehead atoms. The quantitative estimate of drug-likeness (QED) is 0.854. The van der Waals surface area contributed by atoms with Crippen molar-refractivity contribution in [1.82, 2.24) is 20.0 Å². The summed E-state index contributed by atoms with van der Waals surface area (Å²) in [7, 11) is 0. The van der Waals surface area contributed by atoms with Crippen LogP contribution in [0.5, 0.6) is 0 Å². The van der Waals surface area contributed by atoms with Gasteiger partial charge in [-0.3, -0.25) is 14.3 Å². The molecule has 0 unspecified atom stereocenters. The minimum absolute atomic E-state index is 0.0271. The predicted octanol–water partition coefficient (Wildman–Crippen LogP) is 1.89. The third-order valence-corrected chi connectivity index (χ3v) is 6.09. The van der Waals surface area contributed by atoms with Gasteiger partial charge >= 0.3 is 0 Å². The minimum Gasteiger partial charge on any atom is -0.376 e. The molecule has 7 nitrogen and oxygen atoms in total. The fourth-order valence-corrected chi connectivity index (χ4v) is 4.53. The highest BCUT2D eigenvalue weighted by molar-refractivity contribution is 5.94. The molecule has 0 atom stereocenters. The largest absolute Gasteiger partial charge is 0.376 e. The van der Waals surface area contributed by atoms with Crippen molar-refractivity contribution < 1.29 is 14.3 Å². The molecule has 4 rings (SSSR count). The first-order valence-corrected chi connectivity index (χ1v) is 10.5. The monoisotopic (exact) mass is 374 g/mol. The third kappa shape index (κ3) is 4.03. The van der Waals surface area contributed by atoms with Crippen LogP contribution in [0.3, 0.4) is 0 Å². The van der Waals surface area contributed by atoms with Crippen LogP contribution in [0.15, 0.2) is 0 Å². The van der Waals surface area contributed by atoms with Gasteiger partial charge in [-0.25, -0.2) is 0 Å². The van der Waals surface area contributed by atoms with E-state index in [9.17, 15) is 9.59 Å². The number of likely N-dealkylation sites (tertiary alicyclic amines) is 1. The Bertz CT molecular complexity index is 688. The highest BCUT2D eigenvalue weighted by Crippen LogP contribution is 2.25. The molecule has 3 aliphatic rings. The SMILES string of the molecule is O=C(NCCn1nc(C(=O)N2CCCC2)c2c1CCOC2)C1CCCCC1. The van der Waals surface area contributed by atoms with Crippen LogP contribution in [-0.4, -0.2) is 52.7 Å². The van der Waals surface area contributed by atoms with Crippen LogP contribution >= 0.6 is 0 Å². The summed E-state index contributed by atoms with van der Waals surface area (Å²) in [6.07, 6.45) is 8.49. The van der Waals surface area contributed by atoms with Crippen LogP contribution in [0.25, 0.3) is 0 Å². The lowest BCUT2D eigenvalue weighted by molar-refractivity contribution is -0.125. The molecule has 0 radical (unpaired) electrons. The second-order valence-electron chi connectivity index (χ2n) is 7.92. The number of amides is 2. The Balaban J connectivity index is 1.41. The average molecular weight is 374 g/mol. The number of carbonyl (C=O) groups is 2. The average Bonchev–Trinajstić information content (AvgIpc) is 3.37. The first-order chi connectivity index (χ1) is 13.2. The van der Waals surface area contributed by atoms with E-state index in [4.69, 9.17) is 4.74 Å². The molecule has 27 heavy (non-hydrogen) atoms. The summed E-state index contributed by atoms with van der Waals surface area (Å²) in [6.45, 7) is 3.91. The lowest BCUT2D eigenvalue weighted by Crippen LogP contribution is -2.34. The zero-order valence-corrected chi connectivity index (χ0v) is 16.0. The van der Waals surface area contributed by atoms with E-state index in [0.29, 0.717) is 32.0 Å². The summed E-state index contributed by atoms with van der Waals surface area (Å²) < 4.78 is 7.51. The second kappa shape index (κ2) is 8.42. The molecule has 2 amide bonds. The molecule has 1 aromatic heterocycles. The summed E-state index contributed by atoms with van der Waals surface area (Å²) in [4.78, 5) is 27.1. The predicted molar refractivity (Wildman–Crippen MR) is 100 cm³/mol. The van der Waals surface area contributed by atoms with E-state index in [1.807, 2.05) is 9.58 Å². The standard InChI is InChI=1S/C20H30N4O3/c25-19(15-6-2-1-3-7-15)21-9-12-24-17-8-13-27-14-16(17)18(22-24)20(26)23-10-4-5-11-23/h15H,1-14H2,(H,21,25). The Morgan fingerprint density at radius 1 is 1.11 bits per heavy atom. The summed E-state index contributed by atoms with van der Waals surface area (Å²) in [5.41, 5.74) is 2.58. The van der Waals surface area contributed by atoms with Crippen LogP contribution in [-0.2, 0) is 29.1 Å². The highest BCUT2D eigenvalue weighted by atomic mass is 16.5. The van der Waals surface area contributed by atoms with Gasteiger partial charge in [0.15, 0.2) is 5.69 Å². The Morgan fingerprint density at radius 3 is 2.67 bits per heavy atom. The fourth-order valence-electron chi connectivity index (χ4n) is 4.53. The maximum atomic E-state index is 12.8. The Kier molecular flexibility index (Phi) is 5.76. The summed E-state index contributed by atoms with van der Waals surface area (Å²) in [5.74, 6) is 0.373. The molecule has 1 saturated carbocycles. The van der Waals surface area contributed by atoms with Crippen molar-refractivity contribution in [2.75, 3.05) is 26.2 Å². The number of fused-ring (bicyclic) bond motifs is 1. The van der Waals surface area contributed by atoms with Gasteiger partial charge in [0.2, 0.25) is 5.91 Å². The maximum absolute atomic E-state index is 12.8. The Labute approximate surface area is 160 Å². The molecule has 1 saturated heterocycles. The van der Waals surface area contributed by atoms with Crippen LogP contribution in [0.1, 0.15) is 66.7 Å². The van der Waals surface area contributed by atoms with Crippen molar-refractivity contribution in [3.63, 3.8) is 0 Å². The lowest BCUT2D eigenvalue weighted by Gasteiger charge is -2.21. The van der Waals surface area contributed by atoms with Gasteiger partial charge in [0.25, 0.3) is 5.91 Å². The van der Waals surface area contributed by atoms with Crippen molar-refractivity contribution in [3.05, 3.63) is 17.0 Å². The minimum atomic E-state index is 0.0271. The van der Waals surface area contributed by atoms with Gasteiger partial charge < -0.3 is 15.0 Å². The summed E-state index contributed by atoms with van der Waals surface area (Å²) >= 11 is 0. The van der Waals surface area contributed by atoms with Crippen molar-refractivity contribution in [3.8, 4) is 0 Å². The van der Waals surface area contributed by atoms with Crippen LogP contribution in [0, 0.1) is 5.92 Å². The number of nitrogens with one attached hydrogen (secondary N) is 1. The molecule has 0 aromatic carbocycles. The Hall–Kier alpha value is -1.89. The lowest BCUT2D eigenvalue weighted by atomic mass is 9.89. The number of rotatable bonds is 5. The first kappa shape index (κ1) is 18.5. The molecule has 1 N–H and O–H groups in total. The van der Waals surface area contributed by atoms with E-state index in [1.165, 1.54) is 6.42 Å². The van der Waals surface area contributed by atoms with Crippen LogP contribution < -0.4 is 5.32 Å². The molecule has 0 spiro atoms. The molecule has 148 valence electrons. The number of aromatic nitrogens is 2. The smallest absolute Gasteiger partial charge is 0.274 e. The number of hydrogen-bond acceptors (Lipinski definition) is 4. The van der Waals surface area contributed by atoms with Crippen molar-refractivity contribution >= 4 is 11.8 Å². The van der Waals surface area contributed by atoms with Gasteiger partial charge in [-0.1, -0.05) is 19.3 Å². The van der Waals surface area contributed by atoms with E-state index in [1.54, 1.807) is 0 Å². The Morgan fingerprint density at radius 2 is 1.89 bits per heavy atom. The number of hydrogen-bond donors (Lipinski definition) is 1. The van der Waals surface area contributed by atoms with Crippen molar-refractivity contribution in [2.45, 2.75) is 64.5 Å².